The lowest BCUT2D eigenvalue weighted by molar-refractivity contribution is 0.0690. The average molecular weight is 279 g/mol. The van der Waals surface area contributed by atoms with Crippen LogP contribution in [-0.4, -0.2) is 41.8 Å². The standard InChI is InChI=1S/C13H17N3O4/c17-12(18)11-4-3-10(7-15-11)16-13(19)14-5-6-20-8-9-1-2-9/h3-4,7,9H,1-2,5-6,8H2,(H,17,18)(H2,14,16,19). The molecule has 1 fully saturated rings. The molecule has 20 heavy (non-hydrogen) atoms. The molecule has 7 nitrogen and oxygen atoms in total. The van der Waals surface area contributed by atoms with Gasteiger partial charge in [-0.2, -0.15) is 0 Å². The van der Waals surface area contributed by atoms with Crippen LogP contribution < -0.4 is 10.6 Å². The van der Waals surface area contributed by atoms with Crippen molar-refractivity contribution in [2.45, 2.75) is 12.8 Å². The van der Waals surface area contributed by atoms with Crippen molar-refractivity contribution < 1.29 is 19.4 Å². The molecule has 2 amide bonds. The van der Waals surface area contributed by atoms with E-state index in [0.717, 1.165) is 6.61 Å². The Morgan fingerprint density at radius 3 is 2.80 bits per heavy atom. The highest BCUT2D eigenvalue weighted by atomic mass is 16.5. The van der Waals surface area contributed by atoms with E-state index >= 15 is 0 Å². The summed E-state index contributed by atoms with van der Waals surface area (Å²) in [6.07, 6.45) is 3.78. The largest absolute Gasteiger partial charge is 0.477 e. The number of rotatable bonds is 7. The molecular weight excluding hydrogens is 262 g/mol. The molecule has 108 valence electrons. The topological polar surface area (TPSA) is 101 Å². The van der Waals surface area contributed by atoms with Crippen LogP contribution in [0.2, 0.25) is 0 Å². The first-order valence-corrected chi connectivity index (χ1v) is 6.47. The molecule has 3 N–H and O–H groups in total. The van der Waals surface area contributed by atoms with E-state index in [-0.39, 0.29) is 11.7 Å². The third-order valence-corrected chi connectivity index (χ3v) is 2.82. The second-order valence-electron chi connectivity index (χ2n) is 4.64. The molecule has 0 saturated heterocycles. The van der Waals surface area contributed by atoms with Crippen molar-refractivity contribution in [1.29, 1.82) is 0 Å². The highest BCUT2D eigenvalue weighted by Gasteiger charge is 2.20. The fourth-order valence-electron chi connectivity index (χ4n) is 1.54. The van der Waals surface area contributed by atoms with E-state index < -0.39 is 5.97 Å². The van der Waals surface area contributed by atoms with Gasteiger partial charge in [-0.1, -0.05) is 0 Å². The third kappa shape index (κ3) is 4.85. The highest BCUT2D eigenvalue weighted by Crippen LogP contribution is 2.28. The Morgan fingerprint density at radius 2 is 2.20 bits per heavy atom. The summed E-state index contributed by atoms with van der Waals surface area (Å²) in [4.78, 5) is 25.8. The van der Waals surface area contributed by atoms with Gasteiger partial charge in [0.25, 0.3) is 0 Å². The van der Waals surface area contributed by atoms with E-state index in [1.165, 1.54) is 31.2 Å². The number of carboxylic acids is 1. The maximum absolute atomic E-state index is 11.5. The number of hydrogen-bond acceptors (Lipinski definition) is 4. The van der Waals surface area contributed by atoms with Crippen molar-refractivity contribution in [2.75, 3.05) is 25.1 Å². The average Bonchev–Trinajstić information content (AvgIpc) is 3.23. The summed E-state index contributed by atoms with van der Waals surface area (Å²) < 4.78 is 5.38. The van der Waals surface area contributed by atoms with Crippen LogP contribution in [0.15, 0.2) is 18.3 Å². The number of ether oxygens (including phenoxy) is 1. The molecule has 0 aliphatic heterocycles. The van der Waals surface area contributed by atoms with Crippen LogP contribution in [0.25, 0.3) is 0 Å². The number of carboxylic acid groups (broad SMARTS) is 1. The number of pyridine rings is 1. The van der Waals surface area contributed by atoms with Gasteiger partial charge in [0.05, 0.1) is 18.5 Å². The minimum atomic E-state index is -1.10. The molecule has 1 aromatic heterocycles. The van der Waals surface area contributed by atoms with Crippen LogP contribution >= 0.6 is 0 Å². The number of aromatic carboxylic acids is 1. The lowest BCUT2D eigenvalue weighted by Gasteiger charge is -2.08. The summed E-state index contributed by atoms with van der Waals surface area (Å²) in [5.41, 5.74) is 0.371. The lowest BCUT2D eigenvalue weighted by Crippen LogP contribution is -2.31. The van der Waals surface area contributed by atoms with Gasteiger partial charge < -0.3 is 20.5 Å². The van der Waals surface area contributed by atoms with E-state index in [9.17, 15) is 9.59 Å². The van der Waals surface area contributed by atoms with Gasteiger partial charge in [0.2, 0.25) is 0 Å². The number of amides is 2. The molecule has 1 aliphatic rings. The summed E-state index contributed by atoms with van der Waals surface area (Å²) >= 11 is 0. The molecule has 0 bridgehead atoms. The molecule has 1 heterocycles. The number of nitrogens with one attached hydrogen (secondary N) is 2. The zero-order valence-corrected chi connectivity index (χ0v) is 11.0. The Morgan fingerprint density at radius 1 is 1.40 bits per heavy atom. The summed E-state index contributed by atoms with van der Waals surface area (Å²) in [7, 11) is 0. The number of carbonyl (C=O) groups is 2. The summed E-state index contributed by atoms with van der Waals surface area (Å²) in [6, 6.07) is 2.45. The number of nitrogens with zero attached hydrogens (tertiary/aromatic N) is 1. The maximum Gasteiger partial charge on any atom is 0.354 e. The second kappa shape index (κ2) is 6.85. The van der Waals surface area contributed by atoms with Crippen molar-refractivity contribution in [2.24, 2.45) is 5.92 Å². The summed E-state index contributed by atoms with van der Waals surface area (Å²) in [5, 5.41) is 13.9. The second-order valence-corrected chi connectivity index (χ2v) is 4.64. The molecule has 2 rings (SSSR count). The van der Waals surface area contributed by atoms with E-state index in [1.807, 2.05) is 0 Å². The number of hydrogen-bond donors (Lipinski definition) is 3. The molecule has 0 unspecified atom stereocenters. The van der Waals surface area contributed by atoms with Crippen LogP contribution in [0.4, 0.5) is 10.5 Å². The molecule has 1 saturated carbocycles. The van der Waals surface area contributed by atoms with Gasteiger partial charge in [0, 0.05) is 13.2 Å². The van der Waals surface area contributed by atoms with E-state index in [2.05, 4.69) is 15.6 Å². The molecular formula is C13H17N3O4. The van der Waals surface area contributed by atoms with Crippen LogP contribution in [0.5, 0.6) is 0 Å². The number of urea groups is 1. The van der Waals surface area contributed by atoms with Crippen molar-refractivity contribution >= 4 is 17.7 Å². The van der Waals surface area contributed by atoms with Gasteiger partial charge in [0.1, 0.15) is 5.69 Å². The van der Waals surface area contributed by atoms with Gasteiger partial charge in [-0.15, -0.1) is 0 Å². The van der Waals surface area contributed by atoms with Gasteiger partial charge in [0.15, 0.2) is 0 Å². The first kappa shape index (κ1) is 14.3. The highest BCUT2D eigenvalue weighted by molar-refractivity contribution is 5.90. The van der Waals surface area contributed by atoms with Gasteiger partial charge in [-0.05, 0) is 30.9 Å². The Balaban J connectivity index is 1.63. The normalized spacial score (nSPS) is 13.8. The van der Waals surface area contributed by atoms with Crippen LogP contribution in [-0.2, 0) is 4.74 Å². The third-order valence-electron chi connectivity index (χ3n) is 2.82. The molecule has 0 radical (unpaired) electrons. The Labute approximate surface area is 116 Å². The smallest absolute Gasteiger partial charge is 0.354 e. The van der Waals surface area contributed by atoms with Crippen molar-refractivity contribution in [3.63, 3.8) is 0 Å². The minimum absolute atomic E-state index is 0.0653. The van der Waals surface area contributed by atoms with Crippen molar-refractivity contribution in [3.05, 3.63) is 24.0 Å². The SMILES string of the molecule is O=C(NCCOCC1CC1)Nc1ccc(C(=O)O)nc1. The Bertz CT molecular complexity index is 471. The van der Waals surface area contributed by atoms with Crippen LogP contribution in [0.3, 0.4) is 0 Å². The van der Waals surface area contributed by atoms with Crippen LogP contribution in [0.1, 0.15) is 23.3 Å². The first-order chi connectivity index (χ1) is 9.65. The number of carbonyl (C=O) groups excluding carboxylic acids is 1. The Hall–Kier alpha value is -2.15. The van der Waals surface area contributed by atoms with E-state index in [4.69, 9.17) is 9.84 Å². The molecule has 0 spiro atoms. The summed E-state index contributed by atoms with van der Waals surface area (Å²) in [5.74, 6) is -0.392. The van der Waals surface area contributed by atoms with E-state index in [0.29, 0.717) is 24.8 Å². The monoisotopic (exact) mass is 279 g/mol. The van der Waals surface area contributed by atoms with Crippen LogP contribution in [0, 0.1) is 5.92 Å². The quantitative estimate of drug-likeness (QED) is 0.654. The maximum atomic E-state index is 11.5. The van der Waals surface area contributed by atoms with Crippen molar-refractivity contribution in [1.82, 2.24) is 10.3 Å². The molecule has 1 aliphatic carbocycles. The predicted molar refractivity (Wildman–Crippen MR) is 71.8 cm³/mol. The number of anilines is 1. The zero-order chi connectivity index (χ0) is 14.4. The van der Waals surface area contributed by atoms with Gasteiger partial charge in [-0.25, -0.2) is 14.6 Å². The van der Waals surface area contributed by atoms with Gasteiger partial charge >= 0.3 is 12.0 Å². The summed E-state index contributed by atoms with van der Waals surface area (Å²) in [6.45, 7) is 1.68. The zero-order valence-electron chi connectivity index (χ0n) is 11.0. The first-order valence-electron chi connectivity index (χ1n) is 6.47. The number of aromatic nitrogens is 1. The molecule has 0 aromatic carbocycles. The van der Waals surface area contributed by atoms with E-state index in [1.54, 1.807) is 0 Å². The lowest BCUT2D eigenvalue weighted by atomic mass is 10.3. The fourth-order valence-corrected chi connectivity index (χ4v) is 1.54. The van der Waals surface area contributed by atoms with Crippen molar-refractivity contribution in [3.8, 4) is 0 Å². The predicted octanol–water partition coefficient (Wildman–Crippen LogP) is 1.33. The fraction of sp³-hybridized carbons (Fsp3) is 0.462. The van der Waals surface area contributed by atoms with Gasteiger partial charge in [-0.3, -0.25) is 0 Å². The minimum Gasteiger partial charge on any atom is -0.477 e. The Kier molecular flexibility index (Phi) is 4.89. The molecule has 1 aromatic rings. The molecule has 7 heteroatoms. The molecule has 0 atom stereocenters.